The van der Waals surface area contributed by atoms with Crippen molar-refractivity contribution in [1.29, 1.82) is 0 Å². The third kappa shape index (κ3) is 4.00. The maximum absolute atomic E-state index is 12.1. The average molecular weight is 345 g/mol. The van der Waals surface area contributed by atoms with Crippen molar-refractivity contribution in [3.05, 3.63) is 64.7 Å². The Bertz CT molecular complexity index is 848. The third-order valence-electron chi connectivity index (χ3n) is 3.14. The minimum Gasteiger partial charge on any atom is -0.411 e. The number of nitrogens with zero attached hydrogens (tertiary/aromatic N) is 2. The average Bonchev–Trinajstić information content (AvgIpc) is 3.01. The van der Waals surface area contributed by atoms with Gasteiger partial charge in [0.25, 0.3) is 5.22 Å². The molecular weight excluding hydrogens is 332 g/mol. The molecule has 0 bridgehead atoms. The van der Waals surface area contributed by atoms with Gasteiger partial charge in [0.2, 0.25) is 5.89 Å². The van der Waals surface area contributed by atoms with E-state index in [0.29, 0.717) is 21.7 Å². The van der Waals surface area contributed by atoms with Gasteiger partial charge in [0, 0.05) is 16.1 Å². The highest BCUT2D eigenvalue weighted by Gasteiger charge is 2.12. The molecule has 0 saturated carbocycles. The van der Waals surface area contributed by atoms with E-state index in [9.17, 15) is 4.79 Å². The number of aromatic nitrogens is 2. The van der Waals surface area contributed by atoms with E-state index in [1.807, 2.05) is 31.2 Å². The van der Waals surface area contributed by atoms with E-state index >= 15 is 0 Å². The van der Waals surface area contributed by atoms with Crippen molar-refractivity contribution in [3.8, 4) is 11.5 Å². The molecule has 0 aliphatic carbocycles. The molecule has 6 heteroatoms. The van der Waals surface area contributed by atoms with Crippen LogP contribution in [0.25, 0.3) is 11.5 Å². The van der Waals surface area contributed by atoms with E-state index in [0.717, 1.165) is 11.1 Å². The van der Waals surface area contributed by atoms with Crippen LogP contribution in [0, 0.1) is 6.92 Å². The summed E-state index contributed by atoms with van der Waals surface area (Å²) in [5, 5.41) is 8.91. The first-order valence-electron chi connectivity index (χ1n) is 6.94. The summed E-state index contributed by atoms with van der Waals surface area (Å²) in [4.78, 5) is 12.1. The molecule has 4 nitrogen and oxygen atoms in total. The summed E-state index contributed by atoms with van der Waals surface area (Å²) in [5.74, 6) is 0.634. The van der Waals surface area contributed by atoms with E-state index in [-0.39, 0.29) is 11.5 Å². The second-order valence-electron chi connectivity index (χ2n) is 4.96. The van der Waals surface area contributed by atoms with Crippen molar-refractivity contribution >= 4 is 29.1 Å². The fraction of sp³-hybridized carbons (Fsp3) is 0.118. The van der Waals surface area contributed by atoms with Crippen LogP contribution in [0.15, 0.2) is 58.2 Å². The summed E-state index contributed by atoms with van der Waals surface area (Å²) in [6, 6.07) is 14.7. The number of carbonyl (C=O) groups excluding carboxylic acids is 1. The molecule has 0 radical (unpaired) electrons. The van der Waals surface area contributed by atoms with Crippen molar-refractivity contribution in [2.45, 2.75) is 12.1 Å². The smallest absolute Gasteiger partial charge is 0.277 e. The topological polar surface area (TPSA) is 56.0 Å². The van der Waals surface area contributed by atoms with E-state index in [1.54, 1.807) is 24.3 Å². The lowest BCUT2D eigenvalue weighted by Crippen LogP contribution is -2.01. The number of benzene rings is 2. The van der Waals surface area contributed by atoms with Crippen LogP contribution in [0.2, 0.25) is 5.02 Å². The number of Topliss-reactive ketones (excluding diaryl/α,β-unsaturated/α-hetero) is 1. The maximum Gasteiger partial charge on any atom is 0.277 e. The van der Waals surface area contributed by atoms with Crippen LogP contribution in [0.4, 0.5) is 0 Å². The number of hydrogen-bond acceptors (Lipinski definition) is 5. The molecule has 3 rings (SSSR count). The Morgan fingerprint density at radius 1 is 1.17 bits per heavy atom. The zero-order valence-electron chi connectivity index (χ0n) is 12.3. The van der Waals surface area contributed by atoms with Gasteiger partial charge in [0.15, 0.2) is 5.78 Å². The molecule has 23 heavy (non-hydrogen) atoms. The summed E-state index contributed by atoms with van der Waals surface area (Å²) in [6.07, 6.45) is 0. The molecule has 0 fully saturated rings. The van der Waals surface area contributed by atoms with Gasteiger partial charge in [0.1, 0.15) is 0 Å². The minimum atomic E-state index is -0.0344. The molecule has 0 amide bonds. The van der Waals surface area contributed by atoms with Crippen molar-refractivity contribution in [2.75, 3.05) is 5.75 Å². The Hall–Kier alpha value is -2.11. The van der Waals surface area contributed by atoms with Crippen molar-refractivity contribution in [1.82, 2.24) is 10.2 Å². The van der Waals surface area contributed by atoms with Crippen molar-refractivity contribution in [2.24, 2.45) is 0 Å². The van der Waals surface area contributed by atoms with Gasteiger partial charge in [-0.05, 0) is 31.2 Å². The van der Waals surface area contributed by atoms with Gasteiger partial charge in [-0.2, -0.15) is 0 Å². The molecule has 1 heterocycles. The number of carbonyl (C=O) groups is 1. The second-order valence-corrected chi connectivity index (χ2v) is 6.33. The summed E-state index contributed by atoms with van der Waals surface area (Å²) < 4.78 is 5.60. The fourth-order valence-electron chi connectivity index (χ4n) is 2.04. The Labute approximate surface area is 142 Å². The predicted octanol–water partition coefficient (Wildman–Crippen LogP) is 4.67. The maximum atomic E-state index is 12.1. The zero-order chi connectivity index (χ0) is 16.2. The van der Waals surface area contributed by atoms with Crippen molar-refractivity contribution in [3.63, 3.8) is 0 Å². The molecule has 0 spiro atoms. The lowest BCUT2D eigenvalue weighted by molar-refractivity contribution is 0.102. The van der Waals surface area contributed by atoms with Gasteiger partial charge in [-0.25, -0.2) is 0 Å². The molecule has 0 unspecified atom stereocenters. The van der Waals surface area contributed by atoms with E-state index < -0.39 is 0 Å². The molecular formula is C17H13ClN2O2S. The number of aryl methyl sites for hydroxylation is 1. The van der Waals surface area contributed by atoms with Gasteiger partial charge in [-0.3, -0.25) is 4.79 Å². The minimum absolute atomic E-state index is 0.0344. The highest BCUT2D eigenvalue weighted by molar-refractivity contribution is 7.99. The van der Waals surface area contributed by atoms with Crippen LogP contribution in [0.5, 0.6) is 0 Å². The SMILES string of the molecule is Cc1cccc(-c2nnc(SCC(=O)c3cccc(Cl)c3)o2)c1. The Morgan fingerprint density at radius 3 is 2.78 bits per heavy atom. The third-order valence-corrected chi connectivity index (χ3v) is 4.20. The largest absolute Gasteiger partial charge is 0.411 e. The molecule has 0 aliphatic heterocycles. The molecule has 0 atom stereocenters. The molecule has 0 N–H and O–H groups in total. The Kier molecular flexibility index (Phi) is 4.79. The van der Waals surface area contributed by atoms with Crippen molar-refractivity contribution < 1.29 is 9.21 Å². The van der Waals surface area contributed by atoms with Crippen LogP contribution < -0.4 is 0 Å². The second kappa shape index (κ2) is 6.98. The highest BCUT2D eigenvalue weighted by atomic mass is 35.5. The normalized spacial score (nSPS) is 10.7. The lowest BCUT2D eigenvalue weighted by atomic mass is 10.1. The van der Waals surface area contributed by atoms with Gasteiger partial charge in [-0.15, -0.1) is 10.2 Å². The highest BCUT2D eigenvalue weighted by Crippen LogP contribution is 2.24. The molecule has 0 aliphatic rings. The first-order chi connectivity index (χ1) is 11.1. The van der Waals surface area contributed by atoms with Gasteiger partial charge in [-0.1, -0.05) is 53.2 Å². The summed E-state index contributed by atoms with van der Waals surface area (Å²) in [7, 11) is 0. The Morgan fingerprint density at radius 2 is 2.00 bits per heavy atom. The number of ketones is 1. The van der Waals surface area contributed by atoms with E-state index in [1.165, 1.54) is 11.8 Å². The molecule has 116 valence electrons. The first kappa shape index (κ1) is 15.8. The fourth-order valence-corrected chi connectivity index (χ4v) is 2.88. The van der Waals surface area contributed by atoms with Gasteiger partial charge in [0.05, 0.1) is 5.75 Å². The summed E-state index contributed by atoms with van der Waals surface area (Å²) in [5.41, 5.74) is 2.56. The standard InChI is InChI=1S/C17H13ClN2O2S/c1-11-4-2-6-13(8-11)16-19-20-17(22-16)23-10-15(21)12-5-3-7-14(18)9-12/h2-9H,10H2,1H3. The summed E-state index contributed by atoms with van der Waals surface area (Å²) >= 11 is 7.11. The number of thioether (sulfide) groups is 1. The number of rotatable bonds is 5. The van der Waals surface area contributed by atoms with Crippen LogP contribution in [-0.4, -0.2) is 21.7 Å². The van der Waals surface area contributed by atoms with Gasteiger partial charge < -0.3 is 4.42 Å². The lowest BCUT2D eigenvalue weighted by Gasteiger charge is -1.99. The number of halogens is 1. The van der Waals surface area contributed by atoms with Crippen LogP contribution in [-0.2, 0) is 0 Å². The number of hydrogen-bond donors (Lipinski definition) is 0. The van der Waals surface area contributed by atoms with Crippen LogP contribution >= 0.6 is 23.4 Å². The zero-order valence-corrected chi connectivity index (χ0v) is 13.9. The molecule has 1 aromatic heterocycles. The molecule has 3 aromatic rings. The molecule has 0 saturated heterocycles. The predicted molar refractivity (Wildman–Crippen MR) is 91.0 cm³/mol. The Balaban J connectivity index is 1.67. The van der Waals surface area contributed by atoms with E-state index in [4.69, 9.17) is 16.0 Å². The van der Waals surface area contributed by atoms with Gasteiger partial charge >= 0.3 is 0 Å². The summed E-state index contributed by atoms with van der Waals surface area (Å²) in [6.45, 7) is 2.00. The van der Waals surface area contributed by atoms with E-state index in [2.05, 4.69) is 10.2 Å². The van der Waals surface area contributed by atoms with Crippen LogP contribution in [0.3, 0.4) is 0 Å². The van der Waals surface area contributed by atoms with Crippen LogP contribution in [0.1, 0.15) is 15.9 Å². The quantitative estimate of drug-likeness (QED) is 0.497. The molecule has 2 aromatic carbocycles. The first-order valence-corrected chi connectivity index (χ1v) is 8.30. The monoisotopic (exact) mass is 344 g/mol.